The lowest BCUT2D eigenvalue weighted by molar-refractivity contribution is 0.487. The molecule has 5 nitrogen and oxygen atoms in total. The van der Waals surface area contributed by atoms with Gasteiger partial charge in [0.2, 0.25) is 0 Å². The lowest BCUT2D eigenvalue weighted by Crippen LogP contribution is -2.39. The first-order valence-electron chi connectivity index (χ1n) is 5.90. The molecule has 2 rings (SSSR count). The molecule has 0 aromatic carbocycles. The van der Waals surface area contributed by atoms with E-state index in [9.17, 15) is 9.59 Å². The van der Waals surface area contributed by atoms with Gasteiger partial charge in [-0.25, -0.2) is 4.79 Å². The van der Waals surface area contributed by atoms with Crippen molar-refractivity contribution in [2.24, 2.45) is 19.5 Å². The molecule has 1 saturated carbocycles. The van der Waals surface area contributed by atoms with Crippen LogP contribution in [0.3, 0.4) is 0 Å². The van der Waals surface area contributed by atoms with Crippen LogP contribution in [0.1, 0.15) is 25.5 Å². The quantitative estimate of drug-likeness (QED) is 0.800. The van der Waals surface area contributed by atoms with E-state index in [0.29, 0.717) is 12.0 Å². The van der Waals surface area contributed by atoms with Gasteiger partial charge >= 0.3 is 5.69 Å². The number of hydrogen-bond acceptors (Lipinski definition) is 3. The summed E-state index contributed by atoms with van der Waals surface area (Å²) in [4.78, 5) is 23.2. The van der Waals surface area contributed by atoms with Crippen molar-refractivity contribution in [2.45, 2.75) is 26.3 Å². The zero-order chi connectivity index (χ0) is 12.6. The third kappa shape index (κ3) is 2.49. The summed E-state index contributed by atoms with van der Waals surface area (Å²) >= 11 is 0. The van der Waals surface area contributed by atoms with Gasteiger partial charge in [0.15, 0.2) is 0 Å². The van der Waals surface area contributed by atoms with Crippen molar-refractivity contribution in [1.82, 2.24) is 14.5 Å². The highest BCUT2D eigenvalue weighted by Crippen LogP contribution is 2.44. The molecule has 0 unspecified atom stereocenters. The van der Waals surface area contributed by atoms with Crippen LogP contribution < -0.4 is 16.6 Å². The van der Waals surface area contributed by atoms with E-state index in [2.05, 4.69) is 12.2 Å². The maximum Gasteiger partial charge on any atom is 0.330 e. The molecule has 0 saturated heterocycles. The smallest absolute Gasteiger partial charge is 0.311 e. The minimum absolute atomic E-state index is 0.248. The summed E-state index contributed by atoms with van der Waals surface area (Å²) in [5.41, 5.74) is 0.648. The van der Waals surface area contributed by atoms with E-state index in [1.54, 1.807) is 7.05 Å². The maximum atomic E-state index is 11.7. The predicted molar refractivity (Wildman–Crippen MR) is 66.0 cm³/mol. The van der Waals surface area contributed by atoms with Crippen molar-refractivity contribution >= 4 is 0 Å². The monoisotopic (exact) mass is 237 g/mol. The number of nitrogens with one attached hydrogen (secondary N) is 1. The van der Waals surface area contributed by atoms with E-state index in [1.807, 2.05) is 0 Å². The molecule has 1 fully saturated rings. The number of aromatic nitrogens is 2. The van der Waals surface area contributed by atoms with Crippen molar-refractivity contribution < 1.29 is 0 Å². The molecule has 94 valence electrons. The van der Waals surface area contributed by atoms with Crippen LogP contribution in [0, 0.1) is 5.41 Å². The van der Waals surface area contributed by atoms with Crippen LogP contribution in [-0.2, 0) is 20.6 Å². The first kappa shape index (κ1) is 12.1. The second-order valence-corrected chi connectivity index (χ2v) is 5.29. The van der Waals surface area contributed by atoms with Crippen molar-refractivity contribution in [3.05, 3.63) is 32.6 Å². The summed E-state index contributed by atoms with van der Waals surface area (Å²) < 4.78 is 2.63. The largest absolute Gasteiger partial charge is 0.330 e. The molecule has 0 atom stereocenters. The zero-order valence-corrected chi connectivity index (χ0v) is 10.6. The first-order valence-corrected chi connectivity index (χ1v) is 5.90. The van der Waals surface area contributed by atoms with Crippen LogP contribution in [0.25, 0.3) is 0 Å². The standard InChI is InChI=1S/C12H19N3O2/c1-12(4-5-12)8-13-7-9-6-10(16)15(3)11(17)14(9)2/h6,13H,4-5,7-8H2,1-3H3. The number of hydrogen-bond donors (Lipinski definition) is 1. The van der Waals surface area contributed by atoms with Gasteiger partial charge in [0, 0.05) is 38.9 Å². The molecule has 0 radical (unpaired) electrons. The Balaban J connectivity index is 2.10. The van der Waals surface area contributed by atoms with E-state index >= 15 is 0 Å². The summed E-state index contributed by atoms with van der Waals surface area (Å²) in [6.07, 6.45) is 2.52. The van der Waals surface area contributed by atoms with Crippen molar-refractivity contribution in [2.75, 3.05) is 6.54 Å². The molecule has 1 aliphatic rings. The Hall–Kier alpha value is -1.36. The molecule has 0 aliphatic heterocycles. The highest BCUT2D eigenvalue weighted by molar-refractivity contribution is 5.02. The van der Waals surface area contributed by atoms with Gasteiger partial charge < -0.3 is 5.32 Å². The minimum atomic E-state index is -0.271. The van der Waals surface area contributed by atoms with Crippen LogP contribution >= 0.6 is 0 Å². The van der Waals surface area contributed by atoms with Crippen LogP contribution in [0.4, 0.5) is 0 Å². The van der Waals surface area contributed by atoms with Gasteiger partial charge in [-0.15, -0.1) is 0 Å². The van der Waals surface area contributed by atoms with Gasteiger partial charge in [0.05, 0.1) is 0 Å². The second kappa shape index (κ2) is 4.14. The van der Waals surface area contributed by atoms with Crippen LogP contribution in [0.15, 0.2) is 15.7 Å². The Labute approximate surface area is 100 Å². The zero-order valence-electron chi connectivity index (χ0n) is 10.6. The maximum absolute atomic E-state index is 11.7. The third-order valence-electron chi connectivity index (χ3n) is 3.59. The lowest BCUT2D eigenvalue weighted by Gasteiger charge is -2.12. The average Bonchev–Trinajstić information content (AvgIpc) is 3.01. The molecule has 1 aliphatic carbocycles. The topological polar surface area (TPSA) is 56.0 Å². The summed E-state index contributed by atoms with van der Waals surface area (Å²) in [7, 11) is 3.19. The van der Waals surface area contributed by atoms with E-state index in [1.165, 1.54) is 30.5 Å². The molecule has 0 bridgehead atoms. The van der Waals surface area contributed by atoms with Gasteiger partial charge in [0.1, 0.15) is 0 Å². The van der Waals surface area contributed by atoms with E-state index in [4.69, 9.17) is 0 Å². The van der Waals surface area contributed by atoms with E-state index < -0.39 is 0 Å². The Morgan fingerprint density at radius 3 is 2.53 bits per heavy atom. The Kier molecular flexibility index (Phi) is 2.95. The fraction of sp³-hybridized carbons (Fsp3) is 0.667. The number of rotatable bonds is 4. The van der Waals surface area contributed by atoms with Gasteiger partial charge in [-0.2, -0.15) is 0 Å². The van der Waals surface area contributed by atoms with E-state index in [0.717, 1.165) is 16.8 Å². The predicted octanol–water partition coefficient (Wildman–Crippen LogP) is -0.0263. The highest BCUT2D eigenvalue weighted by Gasteiger charge is 2.36. The van der Waals surface area contributed by atoms with Crippen LogP contribution in [0.2, 0.25) is 0 Å². The highest BCUT2D eigenvalue weighted by atomic mass is 16.2. The molecular weight excluding hydrogens is 218 g/mol. The molecule has 5 heteroatoms. The van der Waals surface area contributed by atoms with Crippen molar-refractivity contribution in [3.63, 3.8) is 0 Å². The SMILES string of the molecule is Cn1c(CNCC2(C)CC2)cc(=O)n(C)c1=O. The van der Waals surface area contributed by atoms with Gasteiger partial charge in [-0.05, 0) is 18.3 Å². The molecule has 0 spiro atoms. The summed E-state index contributed by atoms with van der Waals surface area (Å²) in [6.45, 7) is 3.75. The van der Waals surface area contributed by atoms with Gasteiger partial charge in [0.25, 0.3) is 5.56 Å². The molecular formula is C12H19N3O2. The van der Waals surface area contributed by atoms with Crippen molar-refractivity contribution in [1.29, 1.82) is 0 Å². The lowest BCUT2D eigenvalue weighted by atomic mass is 10.1. The molecule has 17 heavy (non-hydrogen) atoms. The van der Waals surface area contributed by atoms with Crippen LogP contribution in [0.5, 0.6) is 0 Å². The molecule has 0 amide bonds. The van der Waals surface area contributed by atoms with Crippen molar-refractivity contribution in [3.8, 4) is 0 Å². The van der Waals surface area contributed by atoms with Gasteiger partial charge in [-0.1, -0.05) is 6.92 Å². The second-order valence-electron chi connectivity index (χ2n) is 5.29. The summed E-state index contributed by atoms with van der Waals surface area (Å²) in [5, 5.41) is 3.31. The third-order valence-corrected chi connectivity index (χ3v) is 3.59. The Morgan fingerprint density at radius 2 is 1.94 bits per heavy atom. The Bertz CT molecular complexity index is 538. The normalized spacial score (nSPS) is 17.1. The Morgan fingerprint density at radius 1 is 1.29 bits per heavy atom. The molecule has 1 N–H and O–H groups in total. The average molecular weight is 237 g/mol. The fourth-order valence-electron chi connectivity index (χ4n) is 1.83. The first-order chi connectivity index (χ1) is 7.93. The molecule has 1 heterocycles. The fourth-order valence-corrected chi connectivity index (χ4v) is 1.83. The molecule has 1 aromatic rings. The molecule has 1 aromatic heterocycles. The van der Waals surface area contributed by atoms with E-state index in [-0.39, 0.29) is 11.2 Å². The number of nitrogens with zero attached hydrogens (tertiary/aromatic N) is 2. The minimum Gasteiger partial charge on any atom is -0.311 e. The summed E-state index contributed by atoms with van der Waals surface area (Å²) in [5.74, 6) is 0. The van der Waals surface area contributed by atoms with Gasteiger partial charge in [-0.3, -0.25) is 13.9 Å². The summed E-state index contributed by atoms with van der Waals surface area (Å²) in [6, 6.07) is 1.52. The van der Waals surface area contributed by atoms with Crippen LogP contribution in [-0.4, -0.2) is 15.7 Å².